The Balaban J connectivity index is 1.66. The lowest BCUT2D eigenvalue weighted by Gasteiger charge is -2.21. The van der Waals surface area contributed by atoms with Gasteiger partial charge in [-0.05, 0) is 46.5 Å². The molecule has 1 radical (unpaired) electrons. The number of nitrogens with zero attached hydrogens (tertiary/aromatic N) is 1. The molecule has 1 spiro atoms. The Bertz CT molecular complexity index is 243. The van der Waals surface area contributed by atoms with E-state index in [2.05, 4.69) is 26.1 Å². The van der Waals surface area contributed by atoms with E-state index in [9.17, 15) is 5.11 Å². The van der Waals surface area contributed by atoms with Crippen molar-refractivity contribution in [1.82, 2.24) is 5.32 Å². The van der Waals surface area contributed by atoms with Crippen LogP contribution in [0.15, 0.2) is 0 Å². The highest BCUT2D eigenvalue weighted by atomic mass is 16.5. The molecule has 1 aliphatic heterocycles. The second-order valence-corrected chi connectivity index (χ2v) is 6.37. The number of ether oxygens (including phenoxy) is 1. The fraction of sp³-hybridized carbons (Fsp3) is 1.00. The summed E-state index contributed by atoms with van der Waals surface area (Å²) in [7, 11) is 0. The summed E-state index contributed by atoms with van der Waals surface area (Å²) >= 11 is 0. The molecule has 1 N–H and O–H groups in total. The molecule has 2 unspecified atom stereocenters. The second kappa shape index (κ2) is 4.28. The van der Waals surface area contributed by atoms with Crippen molar-refractivity contribution in [2.45, 2.75) is 63.7 Å². The van der Waals surface area contributed by atoms with Gasteiger partial charge in [-0.15, -0.1) is 0 Å². The zero-order valence-corrected chi connectivity index (χ0v) is 10.7. The summed E-state index contributed by atoms with van der Waals surface area (Å²) in [6, 6.07) is 0. The number of aliphatic hydroxyl groups is 1. The average molecular weight is 226 g/mol. The highest BCUT2D eigenvalue weighted by Crippen LogP contribution is 2.50. The SMILES string of the molecule is CC(C)(C)[N]CCC(O)C1COC2(CC2)C1. The van der Waals surface area contributed by atoms with Crippen molar-refractivity contribution in [3.05, 3.63) is 0 Å². The molecule has 2 atom stereocenters. The molecule has 0 bridgehead atoms. The minimum absolute atomic E-state index is 0.0175. The number of hydrogen-bond donors (Lipinski definition) is 1. The van der Waals surface area contributed by atoms with Crippen LogP contribution in [0.2, 0.25) is 0 Å². The van der Waals surface area contributed by atoms with E-state index in [0.29, 0.717) is 5.92 Å². The van der Waals surface area contributed by atoms with Crippen LogP contribution in [0.3, 0.4) is 0 Å². The Morgan fingerprint density at radius 1 is 1.44 bits per heavy atom. The van der Waals surface area contributed by atoms with Crippen LogP contribution >= 0.6 is 0 Å². The Morgan fingerprint density at radius 2 is 2.12 bits per heavy atom. The van der Waals surface area contributed by atoms with Crippen molar-refractivity contribution < 1.29 is 9.84 Å². The Labute approximate surface area is 98.6 Å². The van der Waals surface area contributed by atoms with Crippen LogP contribution in [0.1, 0.15) is 46.5 Å². The molecule has 1 aliphatic carbocycles. The molecular formula is C13H24NO2. The topological polar surface area (TPSA) is 43.6 Å². The maximum absolute atomic E-state index is 10.1. The van der Waals surface area contributed by atoms with Gasteiger partial charge in [-0.1, -0.05) is 0 Å². The lowest BCUT2D eigenvalue weighted by Crippen LogP contribution is -2.32. The largest absolute Gasteiger partial charge is 0.393 e. The monoisotopic (exact) mass is 226 g/mol. The van der Waals surface area contributed by atoms with E-state index in [1.165, 1.54) is 12.8 Å². The summed E-state index contributed by atoms with van der Waals surface area (Å²) < 4.78 is 5.74. The van der Waals surface area contributed by atoms with Crippen LogP contribution in [0.25, 0.3) is 0 Å². The quantitative estimate of drug-likeness (QED) is 0.793. The van der Waals surface area contributed by atoms with Crippen LogP contribution in [-0.4, -0.2) is 35.5 Å². The Morgan fingerprint density at radius 3 is 2.62 bits per heavy atom. The maximum Gasteiger partial charge on any atom is 0.0689 e. The molecule has 1 saturated heterocycles. The van der Waals surface area contributed by atoms with Crippen molar-refractivity contribution in [1.29, 1.82) is 0 Å². The molecule has 1 heterocycles. The lowest BCUT2D eigenvalue weighted by molar-refractivity contribution is 0.0635. The first-order chi connectivity index (χ1) is 7.40. The predicted octanol–water partition coefficient (Wildman–Crippen LogP) is 1.71. The number of aliphatic hydroxyl groups excluding tert-OH is 1. The van der Waals surface area contributed by atoms with Crippen LogP contribution < -0.4 is 5.32 Å². The summed E-state index contributed by atoms with van der Waals surface area (Å²) in [6.45, 7) is 7.79. The normalized spacial score (nSPS) is 29.6. The van der Waals surface area contributed by atoms with Crippen LogP contribution in [0, 0.1) is 5.92 Å². The third kappa shape index (κ3) is 3.19. The molecule has 2 rings (SSSR count). The standard InChI is InChI=1S/C13H24NO2/c1-12(2,3)14-7-4-11(15)10-8-13(5-6-13)16-9-10/h10-11,15H,4-9H2,1-3H3. The summed E-state index contributed by atoms with van der Waals surface area (Å²) in [5.41, 5.74) is 0.205. The average Bonchev–Trinajstić information content (AvgIpc) is 2.74. The van der Waals surface area contributed by atoms with Crippen molar-refractivity contribution in [2.75, 3.05) is 13.2 Å². The first-order valence-electron chi connectivity index (χ1n) is 6.41. The first kappa shape index (κ1) is 12.3. The number of hydrogen-bond acceptors (Lipinski definition) is 2. The zero-order chi connectivity index (χ0) is 11.8. The van der Waals surface area contributed by atoms with E-state index in [0.717, 1.165) is 26.0 Å². The maximum atomic E-state index is 10.1. The molecule has 3 heteroatoms. The van der Waals surface area contributed by atoms with Gasteiger partial charge in [-0.25, -0.2) is 5.32 Å². The van der Waals surface area contributed by atoms with Gasteiger partial charge in [0.2, 0.25) is 0 Å². The van der Waals surface area contributed by atoms with Gasteiger partial charge < -0.3 is 9.84 Å². The summed E-state index contributed by atoms with van der Waals surface area (Å²) in [5.74, 6) is 0.345. The van der Waals surface area contributed by atoms with E-state index in [1.807, 2.05) is 0 Å². The van der Waals surface area contributed by atoms with Crippen LogP contribution in [0.5, 0.6) is 0 Å². The second-order valence-electron chi connectivity index (χ2n) is 6.37. The summed E-state index contributed by atoms with van der Waals surface area (Å²) in [6.07, 6.45) is 4.00. The van der Waals surface area contributed by atoms with Crippen LogP contribution in [-0.2, 0) is 4.74 Å². The van der Waals surface area contributed by atoms with Gasteiger partial charge in [-0.3, -0.25) is 0 Å². The Kier molecular flexibility index (Phi) is 3.30. The molecule has 0 aromatic carbocycles. The van der Waals surface area contributed by atoms with Gasteiger partial charge in [0.15, 0.2) is 0 Å². The summed E-state index contributed by atoms with van der Waals surface area (Å²) in [4.78, 5) is 0. The van der Waals surface area contributed by atoms with E-state index in [4.69, 9.17) is 4.74 Å². The zero-order valence-electron chi connectivity index (χ0n) is 10.7. The highest BCUT2D eigenvalue weighted by Gasteiger charge is 2.51. The smallest absolute Gasteiger partial charge is 0.0689 e. The third-order valence-electron chi connectivity index (χ3n) is 3.60. The summed E-state index contributed by atoms with van der Waals surface area (Å²) in [5, 5.41) is 14.6. The molecule has 2 fully saturated rings. The van der Waals surface area contributed by atoms with Crippen LogP contribution in [0.4, 0.5) is 0 Å². The van der Waals surface area contributed by atoms with Crippen molar-refractivity contribution in [3.8, 4) is 0 Å². The lowest BCUT2D eigenvalue weighted by atomic mass is 9.95. The van der Waals surface area contributed by atoms with Crippen molar-refractivity contribution in [2.24, 2.45) is 5.92 Å². The van der Waals surface area contributed by atoms with Gasteiger partial charge in [0, 0.05) is 18.0 Å². The van der Waals surface area contributed by atoms with E-state index in [-0.39, 0.29) is 17.2 Å². The van der Waals surface area contributed by atoms with E-state index in [1.54, 1.807) is 0 Å². The molecule has 2 aliphatic rings. The molecule has 93 valence electrons. The molecule has 1 saturated carbocycles. The fourth-order valence-corrected chi connectivity index (χ4v) is 2.38. The van der Waals surface area contributed by atoms with Gasteiger partial charge >= 0.3 is 0 Å². The molecule has 0 amide bonds. The minimum atomic E-state index is -0.230. The fourth-order valence-electron chi connectivity index (χ4n) is 2.38. The van der Waals surface area contributed by atoms with Gasteiger partial charge in [0.05, 0.1) is 18.3 Å². The highest BCUT2D eigenvalue weighted by molar-refractivity contribution is 5.02. The Hall–Kier alpha value is -0.120. The third-order valence-corrected chi connectivity index (χ3v) is 3.60. The molecule has 3 nitrogen and oxygen atoms in total. The number of rotatable bonds is 4. The van der Waals surface area contributed by atoms with Gasteiger partial charge in [0.1, 0.15) is 0 Å². The molecular weight excluding hydrogens is 202 g/mol. The van der Waals surface area contributed by atoms with Crippen molar-refractivity contribution in [3.63, 3.8) is 0 Å². The predicted molar refractivity (Wildman–Crippen MR) is 63.4 cm³/mol. The molecule has 16 heavy (non-hydrogen) atoms. The van der Waals surface area contributed by atoms with E-state index >= 15 is 0 Å². The van der Waals surface area contributed by atoms with Crippen molar-refractivity contribution >= 4 is 0 Å². The molecule has 0 aromatic heterocycles. The van der Waals surface area contributed by atoms with E-state index < -0.39 is 0 Å². The first-order valence-corrected chi connectivity index (χ1v) is 6.41. The van der Waals surface area contributed by atoms with Gasteiger partial charge in [-0.2, -0.15) is 0 Å². The van der Waals surface area contributed by atoms with Gasteiger partial charge in [0.25, 0.3) is 0 Å². The minimum Gasteiger partial charge on any atom is -0.393 e. The molecule has 0 aromatic rings.